The van der Waals surface area contributed by atoms with Gasteiger partial charge in [-0.2, -0.15) is 0 Å². The van der Waals surface area contributed by atoms with Crippen molar-refractivity contribution in [1.29, 1.82) is 0 Å². The van der Waals surface area contributed by atoms with E-state index in [2.05, 4.69) is 10.6 Å². The van der Waals surface area contributed by atoms with Crippen molar-refractivity contribution in [3.05, 3.63) is 102 Å². The van der Waals surface area contributed by atoms with Gasteiger partial charge < -0.3 is 29.9 Å². The van der Waals surface area contributed by atoms with E-state index in [4.69, 9.17) is 9.72 Å². The van der Waals surface area contributed by atoms with E-state index in [0.29, 0.717) is 29.4 Å². The molecular weight excluding hydrogens is 601 g/mol. The van der Waals surface area contributed by atoms with Gasteiger partial charge in [0.15, 0.2) is 0 Å². The number of ether oxygens (including phenoxy) is 1. The first-order valence-corrected chi connectivity index (χ1v) is 15.6. The molecule has 10 nitrogen and oxygen atoms in total. The average Bonchev–Trinajstić information content (AvgIpc) is 3.38. The van der Waals surface area contributed by atoms with Crippen LogP contribution in [0, 0.1) is 18.7 Å². The second kappa shape index (κ2) is 14.1. The third-order valence-corrected chi connectivity index (χ3v) is 7.90. The topological polar surface area (TPSA) is 126 Å². The number of hydrogen-bond acceptors (Lipinski definition) is 6. The van der Waals surface area contributed by atoms with E-state index >= 15 is 0 Å². The van der Waals surface area contributed by atoms with Crippen LogP contribution in [0.15, 0.2) is 78.9 Å². The zero-order valence-electron chi connectivity index (χ0n) is 27.0. The molecule has 3 aromatic carbocycles. The summed E-state index contributed by atoms with van der Waals surface area (Å²) in [5.41, 5.74) is 3.26. The minimum Gasteiger partial charge on any atom is -0.481 e. The zero-order valence-corrected chi connectivity index (χ0v) is 27.0. The number of carbonyl (C=O) groups excluding carboxylic acids is 2. The van der Waals surface area contributed by atoms with E-state index in [9.17, 15) is 23.9 Å². The van der Waals surface area contributed by atoms with E-state index in [1.165, 1.54) is 12.1 Å². The summed E-state index contributed by atoms with van der Waals surface area (Å²) in [7, 11) is 0. The van der Waals surface area contributed by atoms with Crippen molar-refractivity contribution in [2.45, 2.75) is 65.3 Å². The molecule has 11 heteroatoms. The minimum absolute atomic E-state index is 0.117. The van der Waals surface area contributed by atoms with Crippen molar-refractivity contribution in [3.63, 3.8) is 0 Å². The summed E-state index contributed by atoms with van der Waals surface area (Å²) in [5.74, 6) is -1.50. The van der Waals surface area contributed by atoms with Crippen LogP contribution in [0.3, 0.4) is 0 Å². The number of alkyl carbamates (subject to hydrolysis) is 1. The predicted octanol–water partition coefficient (Wildman–Crippen LogP) is 6.31. The molecule has 2 atom stereocenters. The molecule has 0 saturated heterocycles. The van der Waals surface area contributed by atoms with Gasteiger partial charge in [-0.25, -0.2) is 14.2 Å². The number of nitrogens with one attached hydrogen (secondary N) is 2. The number of benzene rings is 3. The Morgan fingerprint density at radius 1 is 0.979 bits per heavy atom. The Kier molecular flexibility index (Phi) is 9.93. The molecule has 1 aliphatic rings. The number of nitrogens with zero attached hydrogens (tertiary/aromatic N) is 3. The SMILES string of the molecule is Cc1ccc(Nc2c(-c3ccc(F)cc3)nc3n2CCN(C(=O)[C@H](CC(Cc2ccccc2)C(=O)O)NC(=O)OC(C)(C)C)C3)cc1. The molecule has 0 aliphatic carbocycles. The number of carboxylic acids is 1. The van der Waals surface area contributed by atoms with Gasteiger partial charge in [-0.1, -0.05) is 48.0 Å². The predicted molar refractivity (Wildman–Crippen MR) is 177 cm³/mol. The van der Waals surface area contributed by atoms with E-state index in [-0.39, 0.29) is 31.7 Å². The number of aromatic nitrogens is 2. The second-order valence-corrected chi connectivity index (χ2v) is 12.8. The van der Waals surface area contributed by atoms with Crippen molar-refractivity contribution < 1.29 is 28.6 Å². The normalized spacial score (nSPS) is 14.1. The Morgan fingerprint density at radius 3 is 2.30 bits per heavy atom. The highest BCUT2D eigenvalue weighted by molar-refractivity contribution is 5.87. The molecule has 2 amide bonds. The second-order valence-electron chi connectivity index (χ2n) is 12.8. The van der Waals surface area contributed by atoms with Crippen molar-refractivity contribution in [1.82, 2.24) is 19.8 Å². The van der Waals surface area contributed by atoms with Crippen LogP contribution in [-0.4, -0.2) is 55.7 Å². The fraction of sp³-hybridized carbons (Fsp3) is 0.333. The molecule has 246 valence electrons. The molecule has 3 N–H and O–H groups in total. The van der Waals surface area contributed by atoms with Crippen LogP contribution in [0.1, 0.15) is 44.1 Å². The lowest BCUT2D eigenvalue weighted by Gasteiger charge is -2.33. The molecule has 2 heterocycles. The molecule has 0 saturated carbocycles. The molecule has 1 unspecified atom stereocenters. The molecule has 5 rings (SSSR count). The standard InChI is InChI=1S/C36H40FN5O5/c1-23-10-16-28(17-11-23)38-32-31(25-12-14-27(37)15-13-25)40-30-22-41(18-19-42(30)32)33(43)29(39-35(46)47-36(2,3)4)21-26(34(44)45)20-24-8-6-5-7-9-24/h5-17,26,29,38H,18-22H2,1-4H3,(H,39,46)(H,44,45)/t26?,29-/m0/s1. The largest absolute Gasteiger partial charge is 0.481 e. The number of imidazole rings is 1. The van der Waals surface area contributed by atoms with Gasteiger partial charge in [0.1, 0.15) is 34.8 Å². The van der Waals surface area contributed by atoms with Gasteiger partial charge in [0.25, 0.3) is 0 Å². The Balaban J connectivity index is 1.43. The Morgan fingerprint density at radius 2 is 1.66 bits per heavy atom. The molecule has 1 aliphatic heterocycles. The van der Waals surface area contributed by atoms with E-state index in [1.54, 1.807) is 37.8 Å². The molecule has 47 heavy (non-hydrogen) atoms. The van der Waals surface area contributed by atoms with Crippen LogP contribution in [0.5, 0.6) is 0 Å². The van der Waals surface area contributed by atoms with Crippen molar-refractivity contribution in [3.8, 4) is 11.3 Å². The zero-order chi connectivity index (χ0) is 33.7. The first-order chi connectivity index (χ1) is 22.4. The first kappa shape index (κ1) is 33.2. The van der Waals surface area contributed by atoms with Crippen molar-refractivity contribution >= 4 is 29.5 Å². The molecule has 0 fully saturated rings. The van der Waals surface area contributed by atoms with Crippen LogP contribution in [-0.2, 0) is 33.8 Å². The summed E-state index contributed by atoms with van der Waals surface area (Å²) >= 11 is 0. The van der Waals surface area contributed by atoms with Gasteiger partial charge >= 0.3 is 12.1 Å². The number of aliphatic carboxylic acids is 1. The number of carbonyl (C=O) groups is 3. The summed E-state index contributed by atoms with van der Waals surface area (Å²) in [5, 5.41) is 16.2. The molecule has 1 aromatic heterocycles. The number of anilines is 2. The van der Waals surface area contributed by atoms with Crippen LogP contribution in [0.25, 0.3) is 11.3 Å². The van der Waals surface area contributed by atoms with Gasteiger partial charge in [0.05, 0.1) is 12.5 Å². The highest BCUT2D eigenvalue weighted by Gasteiger charge is 2.35. The maximum absolute atomic E-state index is 14.1. The summed E-state index contributed by atoms with van der Waals surface area (Å²) < 4.78 is 21.3. The van der Waals surface area contributed by atoms with Crippen LogP contribution >= 0.6 is 0 Å². The number of rotatable bonds is 10. The highest BCUT2D eigenvalue weighted by Crippen LogP contribution is 2.34. The smallest absolute Gasteiger partial charge is 0.408 e. The Hall–Kier alpha value is -5.19. The van der Waals surface area contributed by atoms with Crippen molar-refractivity contribution in [2.75, 3.05) is 11.9 Å². The lowest BCUT2D eigenvalue weighted by Crippen LogP contribution is -2.52. The van der Waals surface area contributed by atoms with Crippen LogP contribution in [0.2, 0.25) is 0 Å². The average molecular weight is 642 g/mol. The van der Waals surface area contributed by atoms with Gasteiger partial charge in [0, 0.05) is 24.3 Å². The molecule has 0 radical (unpaired) electrons. The quantitative estimate of drug-likeness (QED) is 0.185. The van der Waals surface area contributed by atoms with E-state index < -0.39 is 35.5 Å². The molecule has 0 spiro atoms. The summed E-state index contributed by atoms with van der Waals surface area (Å²) in [4.78, 5) is 45.8. The maximum Gasteiger partial charge on any atom is 0.408 e. The van der Waals surface area contributed by atoms with Gasteiger partial charge in [0.2, 0.25) is 5.91 Å². The Bertz CT molecular complexity index is 1720. The summed E-state index contributed by atoms with van der Waals surface area (Å²) in [6, 6.07) is 22.0. The highest BCUT2D eigenvalue weighted by atomic mass is 19.1. The number of hydrogen-bond donors (Lipinski definition) is 3. The number of amides is 2. The van der Waals surface area contributed by atoms with Gasteiger partial charge in [-0.3, -0.25) is 9.59 Å². The monoisotopic (exact) mass is 641 g/mol. The molecule has 4 aromatic rings. The first-order valence-electron chi connectivity index (χ1n) is 15.6. The lowest BCUT2D eigenvalue weighted by atomic mass is 9.92. The summed E-state index contributed by atoms with van der Waals surface area (Å²) in [6.45, 7) is 7.93. The minimum atomic E-state index is -1.15. The lowest BCUT2D eigenvalue weighted by molar-refractivity contribution is -0.143. The summed E-state index contributed by atoms with van der Waals surface area (Å²) in [6.07, 6.45) is -0.745. The Labute approximate surface area is 273 Å². The molecular formula is C36H40FN5O5. The maximum atomic E-state index is 14.1. The number of carboxylic acid groups (broad SMARTS) is 1. The third-order valence-electron chi connectivity index (χ3n) is 7.90. The fourth-order valence-electron chi connectivity index (χ4n) is 5.58. The number of fused-ring (bicyclic) bond motifs is 1. The van der Waals surface area contributed by atoms with Gasteiger partial charge in [-0.05, 0) is 82.5 Å². The van der Waals surface area contributed by atoms with E-state index in [0.717, 1.165) is 16.8 Å². The number of aryl methyl sites for hydroxylation is 1. The van der Waals surface area contributed by atoms with Crippen LogP contribution in [0.4, 0.5) is 20.7 Å². The van der Waals surface area contributed by atoms with Gasteiger partial charge in [-0.15, -0.1) is 0 Å². The fourth-order valence-corrected chi connectivity index (χ4v) is 5.58. The third kappa shape index (κ3) is 8.55. The number of halogens is 1. The molecule has 0 bridgehead atoms. The van der Waals surface area contributed by atoms with Crippen molar-refractivity contribution in [2.24, 2.45) is 5.92 Å². The van der Waals surface area contributed by atoms with Crippen LogP contribution < -0.4 is 10.6 Å². The van der Waals surface area contributed by atoms with E-state index in [1.807, 2.05) is 66.1 Å².